The van der Waals surface area contributed by atoms with E-state index < -0.39 is 0 Å². The molecule has 0 saturated carbocycles. The largest absolute Gasteiger partial charge is 0.329 e. The summed E-state index contributed by atoms with van der Waals surface area (Å²) in [5.74, 6) is 0. The van der Waals surface area contributed by atoms with Crippen molar-refractivity contribution >= 4 is 5.65 Å². The molecular weight excluding hydrogens is 224 g/mol. The normalized spacial score (nSPS) is 20.9. The standard InChI is InChI=1S/C14H20N4/c1-11-4-5-14-16-12(10-18(14)8-11)9-17-6-2-3-13(17)7-15/h4-5,8,10,13H,2-3,6-7,9,15H2,1H3. The zero-order valence-corrected chi connectivity index (χ0v) is 10.8. The van der Waals surface area contributed by atoms with Crippen molar-refractivity contribution in [2.75, 3.05) is 13.1 Å². The fraction of sp³-hybridized carbons (Fsp3) is 0.500. The lowest BCUT2D eigenvalue weighted by Gasteiger charge is -2.21. The summed E-state index contributed by atoms with van der Waals surface area (Å²) in [6.45, 7) is 4.92. The van der Waals surface area contributed by atoms with Crippen molar-refractivity contribution in [3.8, 4) is 0 Å². The van der Waals surface area contributed by atoms with Crippen molar-refractivity contribution in [1.29, 1.82) is 0 Å². The molecule has 0 amide bonds. The monoisotopic (exact) mass is 244 g/mol. The molecule has 1 unspecified atom stereocenters. The predicted octanol–water partition coefficient (Wildman–Crippen LogP) is 1.57. The van der Waals surface area contributed by atoms with Gasteiger partial charge in [0.25, 0.3) is 0 Å². The molecule has 3 heterocycles. The van der Waals surface area contributed by atoms with Crippen LogP contribution in [0.15, 0.2) is 24.5 Å². The molecule has 2 aromatic rings. The van der Waals surface area contributed by atoms with Crippen LogP contribution in [0, 0.1) is 6.92 Å². The molecule has 0 aliphatic carbocycles. The average molecular weight is 244 g/mol. The van der Waals surface area contributed by atoms with E-state index in [2.05, 4.69) is 45.7 Å². The van der Waals surface area contributed by atoms with Crippen molar-refractivity contribution in [2.45, 2.75) is 32.4 Å². The van der Waals surface area contributed by atoms with Gasteiger partial charge < -0.3 is 10.1 Å². The van der Waals surface area contributed by atoms with Crippen LogP contribution in [-0.2, 0) is 6.54 Å². The highest BCUT2D eigenvalue weighted by atomic mass is 15.2. The number of aromatic nitrogens is 2. The minimum atomic E-state index is 0.538. The number of hydrogen-bond acceptors (Lipinski definition) is 3. The molecule has 1 fully saturated rings. The first-order valence-electron chi connectivity index (χ1n) is 6.64. The van der Waals surface area contributed by atoms with Crippen molar-refractivity contribution in [2.24, 2.45) is 5.73 Å². The van der Waals surface area contributed by atoms with E-state index in [4.69, 9.17) is 5.73 Å². The van der Waals surface area contributed by atoms with Crippen molar-refractivity contribution in [3.05, 3.63) is 35.8 Å². The summed E-state index contributed by atoms with van der Waals surface area (Å²) in [4.78, 5) is 7.12. The molecular formula is C14H20N4. The third kappa shape index (κ3) is 2.13. The lowest BCUT2D eigenvalue weighted by atomic mass is 10.2. The number of fused-ring (bicyclic) bond motifs is 1. The van der Waals surface area contributed by atoms with Crippen LogP contribution in [0.4, 0.5) is 0 Å². The van der Waals surface area contributed by atoms with E-state index in [9.17, 15) is 0 Å². The number of nitrogens with zero attached hydrogens (tertiary/aromatic N) is 3. The number of hydrogen-bond donors (Lipinski definition) is 1. The van der Waals surface area contributed by atoms with Crippen molar-refractivity contribution < 1.29 is 0 Å². The Morgan fingerprint density at radius 2 is 2.28 bits per heavy atom. The molecule has 2 aromatic heterocycles. The number of aryl methyl sites for hydroxylation is 1. The van der Waals surface area contributed by atoms with Gasteiger partial charge in [0, 0.05) is 31.5 Å². The molecule has 1 aliphatic heterocycles. The van der Waals surface area contributed by atoms with E-state index in [1.165, 1.54) is 18.4 Å². The zero-order chi connectivity index (χ0) is 12.5. The molecule has 0 aromatic carbocycles. The summed E-state index contributed by atoms with van der Waals surface area (Å²) in [5.41, 5.74) is 9.23. The second-order valence-corrected chi connectivity index (χ2v) is 5.21. The Morgan fingerprint density at radius 3 is 3.11 bits per heavy atom. The SMILES string of the molecule is Cc1ccc2nc(CN3CCCC3CN)cn2c1. The summed E-state index contributed by atoms with van der Waals surface area (Å²) >= 11 is 0. The molecule has 4 nitrogen and oxygen atoms in total. The quantitative estimate of drug-likeness (QED) is 0.891. The van der Waals surface area contributed by atoms with Gasteiger partial charge in [0.2, 0.25) is 0 Å². The highest BCUT2D eigenvalue weighted by molar-refractivity contribution is 5.41. The molecule has 0 spiro atoms. The Morgan fingerprint density at radius 1 is 1.39 bits per heavy atom. The highest BCUT2D eigenvalue weighted by Crippen LogP contribution is 2.19. The van der Waals surface area contributed by atoms with Crippen LogP contribution in [0.2, 0.25) is 0 Å². The smallest absolute Gasteiger partial charge is 0.137 e. The van der Waals surface area contributed by atoms with Gasteiger partial charge in [-0.25, -0.2) is 4.98 Å². The van der Waals surface area contributed by atoms with E-state index in [1.54, 1.807) is 0 Å². The van der Waals surface area contributed by atoms with E-state index in [0.29, 0.717) is 6.04 Å². The molecule has 1 saturated heterocycles. The Hall–Kier alpha value is -1.39. The maximum absolute atomic E-state index is 5.81. The fourth-order valence-electron chi connectivity index (χ4n) is 2.81. The summed E-state index contributed by atoms with van der Waals surface area (Å²) < 4.78 is 2.11. The molecule has 18 heavy (non-hydrogen) atoms. The maximum atomic E-state index is 5.81. The van der Waals surface area contributed by atoms with Crippen LogP contribution >= 0.6 is 0 Å². The minimum Gasteiger partial charge on any atom is -0.329 e. The first kappa shape index (κ1) is 11.7. The van der Waals surface area contributed by atoms with Gasteiger partial charge in [-0.1, -0.05) is 6.07 Å². The van der Waals surface area contributed by atoms with Gasteiger partial charge in [0.05, 0.1) is 5.69 Å². The molecule has 0 radical (unpaired) electrons. The van der Waals surface area contributed by atoms with Crippen LogP contribution in [0.5, 0.6) is 0 Å². The Bertz CT molecular complexity index is 546. The van der Waals surface area contributed by atoms with E-state index in [-0.39, 0.29) is 0 Å². The molecule has 1 aliphatic rings. The third-order valence-electron chi connectivity index (χ3n) is 3.79. The molecule has 96 valence electrons. The van der Waals surface area contributed by atoms with Crippen LogP contribution < -0.4 is 5.73 Å². The first-order chi connectivity index (χ1) is 8.76. The molecule has 1 atom stereocenters. The minimum absolute atomic E-state index is 0.538. The Labute approximate surface area is 107 Å². The summed E-state index contributed by atoms with van der Waals surface area (Å²) in [5, 5.41) is 0. The lowest BCUT2D eigenvalue weighted by molar-refractivity contribution is 0.248. The van der Waals surface area contributed by atoms with E-state index in [1.807, 2.05) is 0 Å². The molecule has 2 N–H and O–H groups in total. The number of rotatable bonds is 3. The van der Waals surface area contributed by atoms with E-state index in [0.717, 1.165) is 31.0 Å². The first-order valence-corrected chi connectivity index (χ1v) is 6.64. The maximum Gasteiger partial charge on any atom is 0.137 e. The third-order valence-corrected chi connectivity index (χ3v) is 3.79. The zero-order valence-electron chi connectivity index (χ0n) is 10.8. The molecule has 3 rings (SSSR count). The van der Waals surface area contributed by atoms with Gasteiger partial charge in [0.1, 0.15) is 5.65 Å². The van der Waals surface area contributed by atoms with Gasteiger partial charge in [-0.2, -0.15) is 0 Å². The van der Waals surface area contributed by atoms with Gasteiger partial charge in [-0.05, 0) is 37.9 Å². The highest BCUT2D eigenvalue weighted by Gasteiger charge is 2.23. The van der Waals surface area contributed by atoms with Crippen LogP contribution in [-0.4, -0.2) is 33.4 Å². The summed E-state index contributed by atoms with van der Waals surface area (Å²) in [6.07, 6.45) is 6.74. The number of imidazole rings is 1. The number of nitrogens with two attached hydrogens (primary N) is 1. The van der Waals surface area contributed by atoms with Gasteiger partial charge in [-0.15, -0.1) is 0 Å². The lowest BCUT2D eigenvalue weighted by Crippen LogP contribution is -2.34. The topological polar surface area (TPSA) is 46.6 Å². The van der Waals surface area contributed by atoms with Crippen molar-refractivity contribution in [3.63, 3.8) is 0 Å². The van der Waals surface area contributed by atoms with Crippen molar-refractivity contribution in [1.82, 2.24) is 14.3 Å². The summed E-state index contributed by atoms with van der Waals surface area (Å²) in [7, 11) is 0. The summed E-state index contributed by atoms with van der Waals surface area (Å²) in [6, 6.07) is 4.71. The molecule has 0 bridgehead atoms. The van der Waals surface area contributed by atoms with Crippen LogP contribution in [0.25, 0.3) is 5.65 Å². The molecule has 4 heteroatoms. The predicted molar refractivity (Wildman–Crippen MR) is 72.4 cm³/mol. The van der Waals surface area contributed by atoms with Crippen LogP contribution in [0.3, 0.4) is 0 Å². The Kier molecular flexibility index (Phi) is 3.06. The number of pyridine rings is 1. The van der Waals surface area contributed by atoms with Crippen LogP contribution in [0.1, 0.15) is 24.1 Å². The van der Waals surface area contributed by atoms with Gasteiger partial charge >= 0.3 is 0 Å². The van der Waals surface area contributed by atoms with Gasteiger partial charge in [0.15, 0.2) is 0 Å². The second kappa shape index (κ2) is 4.71. The average Bonchev–Trinajstić information content (AvgIpc) is 2.94. The van der Waals surface area contributed by atoms with Gasteiger partial charge in [-0.3, -0.25) is 4.90 Å². The number of likely N-dealkylation sites (tertiary alicyclic amines) is 1. The fourth-order valence-corrected chi connectivity index (χ4v) is 2.81. The Balaban J connectivity index is 1.82. The van der Waals surface area contributed by atoms with E-state index >= 15 is 0 Å². The second-order valence-electron chi connectivity index (χ2n) is 5.21.